The summed E-state index contributed by atoms with van der Waals surface area (Å²) < 4.78 is 7.78. The summed E-state index contributed by atoms with van der Waals surface area (Å²) in [6.07, 6.45) is 0. The Morgan fingerprint density at radius 2 is 1.79 bits per heavy atom. The summed E-state index contributed by atoms with van der Waals surface area (Å²) in [6, 6.07) is 23.8. The standard InChI is InChI=1S/C25H21ClN6O2/c1-16-22(24(33)28-18-10-3-2-4-11-18)23(32-25(27-16)29-30-31-32)19-12-6-8-14-21(19)34-15-17-9-5-7-13-20(17)26/h2-14,23H,15H2,1H3,(H,28,33)(H,27,29,31). The van der Waals surface area contributed by atoms with Crippen molar-refractivity contribution in [3.8, 4) is 5.75 Å². The molecule has 0 bridgehead atoms. The summed E-state index contributed by atoms with van der Waals surface area (Å²) >= 11 is 6.31. The Morgan fingerprint density at radius 3 is 2.62 bits per heavy atom. The van der Waals surface area contributed by atoms with Crippen molar-refractivity contribution in [3.05, 3.63) is 106 Å². The van der Waals surface area contributed by atoms with Crippen molar-refractivity contribution in [2.24, 2.45) is 0 Å². The van der Waals surface area contributed by atoms with E-state index in [1.54, 1.807) is 4.68 Å². The number of para-hydroxylation sites is 2. The van der Waals surface area contributed by atoms with Crippen LogP contribution in [0.15, 0.2) is 90.1 Å². The number of nitrogens with zero attached hydrogens (tertiary/aromatic N) is 4. The van der Waals surface area contributed by atoms with Gasteiger partial charge in [0.15, 0.2) is 0 Å². The molecule has 0 radical (unpaired) electrons. The molecule has 0 fully saturated rings. The van der Waals surface area contributed by atoms with Gasteiger partial charge in [-0.2, -0.15) is 4.68 Å². The number of hydrogen-bond acceptors (Lipinski definition) is 6. The highest BCUT2D eigenvalue weighted by Gasteiger charge is 2.35. The smallest absolute Gasteiger partial charge is 0.255 e. The molecule has 1 aliphatic rings. The predicted molar refractivity (Wildman–Crippen MR) is 130 cm³/mol. The number of benzene rings is 3. The molecule has 1 unspecified atom stereocenters. The van der Waals surface area contributed by atoms with Crippen LogP contribution in [0.4, 0.5) is 11.6 Å². The van der Waals surface area contributed by atoms with Crippen LogP contribution in [0, 0.1) is 0 Å². The second kappa shape index (κ2) is 9.36. The average molecular weight is 473 g/mol. The van der Waals surface area contributed by atoms with Gasteiger partial charge in [-0.1, -0.05) is 71.3 Å². The molecule has 1 amide bonds. The monoisotopic (exact) mass is 472 g/mol. The van der Waals surface area contributed by atoms with Crippen molar-refractivity contribution in [1.82, 2.24) is 20.2 Å². The summed E-state index contributed by atoms with van der Waals surface area (Å²) in [6.45, 7) is 2.11. The quantitative estimate of drug-likeness (QED) is 0.417. The summed E-state index contributed by atoms with van der Waals surface area (Å²) in [5, 5.41) is 18.8. The highest BCUT2D eigenvalue weighted by atomic mass is 35.5. The third kappa shape index (κ3) is 4.23. The molecule has 1 aliphatic heterocycles. The number of carbonyl (C=O) groups is 1. The van der Waals surface area contributed by atoms with Gasteiger partial charge in [0.25, 0.3) is 5.91 Å². The molecule has 2 heterocycles. The number of aromatic nitrogens is 4. The van der Waals surface area contributed by atoms with E-state index < -0.39 is 6.04 Å². The fraction of sp³-hybridized carbons (Fsp3) is 0.120. The molecule has 1 atom stereocenters. The van der Waals surface area contributed by atoms with E-state index in [9.17, 15) is 4.79 Å². The average Bonchev–Trinajstić information content (AvgIpc) is 3.31. The van der Waals surface area contributed by atoms with Crippen molar-refractivity contribution in [1.29, 1.82) is 0 Å². The minimum Gasteiger partial charge on any atom is -0.488 e. The molecule has 0 saturated carbocycles. The van der Waals surface area contributed by atoms with Gasteiger partial charge < -0.3 is 15.4 Å². The molecule has 3 aromatic carbocycles. The van der Waals surface area contributed by atoms with E-state index >= 15 is 0 Å². The van der Waals surface area contributed by atoms with Gasteiger partial charge in [0.05, 0.1) is 5.57 Å². The molecular formula is C25H21ClN6O2. The highest BCUT2D eigenvalue weighted by Crippen LogP contribution is 2.39. The lowest BCUT2D eigenvalue weighted by Crippen LogP contribution is -2.31. The second-order valence-electron chi connectivity index (χ2n) is 7.75. The molecule has 9 heteroatoms. The van der Waals surface area contributed by atoms with Crippen LogP contribution in [-0.2, 0) is 11.4 Å². The first-order chi connectivity index (χ1) is 16.6. The Hall–Kier alpha value is -4.17. The number of anilines is 2. The number of amides is 1. The Balaban J connectivity index is 1.53. The maximum absolute atomic E-state index is 13.5. The van der Waals surface area contributed by atoms with Crippen molar-refractivity contribution >= 4 is 29.1 Å². The van der Waals surface area contributed by atoms with Gasteiger partial charge in [-0.3, -0.25) is 4.79 Å². The Morgan fingerprint density at radius 1 is 1.06 bits per heavy atom. The number of allylic oxidation sites excluding steroid dienone is 1. The largest absolute Gasteiger partial charge is 0.488 e. The third-order valence-corrected chi connectivity index (χ3v) is 5.91. The molecule has 2 N–H and O–H groups in total. The molecular weight excluding hydrogens is 452 g/mol. The Kier molecular flexibility index (Phi) is 5.97. The molecule has 170 valence electrons. The van der Waals surface area contributed by atoms with Crippen LogP contribution < -0.4 is 15.4 Å². The molecule has 4 aromatic rings. The molecule has 1 aromatic heterocycles. The number of ether oxygens (including phenoxy) is 1. The highest BCUT2D eigenvalue weighted by molar-refractivity contribution is 6.31. The van der Waals surface area contributed by atoms with Gasteiger partial charge in [0.1, 0.15) is 18.4 Å². The zero-order chi connectivity index (χ0) is 23.5. The van der Waals surface area contributed by atoms with Crippen molar-refractivity contribution < 1.29 is 9.53 Å². The van der Waals surface area contributed by atoms with Gasteiger partial charge in [-0.15, -0.1) is 0 Å². The van der Waals surface area contributed by atoms with Crippen LogP contribution in [-0.4, -0.2) is 26.1 Å². The van der Waals surface area contributed by atoms with Gasteiger partial charge in [0, 0.05) is 27.5 Å². The third-order valence-electron chi connectivity index (χ3n) is 5.55. The summed E-state index contributed by atoms with van der Waals surface area (Å²) in [7, 11) is 0. The number of halogens is 1. The topological polar surface area (TPSA) is 94.0 Å². The van der Waals surface area contributed by atoms with E-state index in [4.69, 9.17) is 16.3 Å². The maximum Gasteiger partial charge on any atom is 0.255 e. The molecule has 0 spiro atoms. The normalized spacial score (nSPS) is 14.8. The minimum atomic E-state index is -0.600. The summed E-state index contributed by atoms with van der Waals surface area (Å²) in [5.41, 5.74) is 3.44. The number of hydrogen-bond donors (Lipinski definition) is 2. The number of carbonyl (C=O) groups excluding carboxylic acids is 1. The lowest BCUT2D eigenvalue weighted by atomic mass is 9.94. The van der Waals surface area contributed by atoms with Gasteiger partial charge in [-0.25, -0.2) is 0 Å². The maximum atomic E-state index is 13.5. The van der Waals surface area contributed by atoms with Crippen LogP contribution in [0.1, 0.15) is 24.1 Å². The van der Waals surface area contributed by atoms with Crippen LogP contribution in [0.25, 0.3) is 0 Å². The zero-order valence-electron chi connectivity index (χ0n) is 18.3. The zero-order valence-corrected chi connectivity index (χ0v) is 19.0. The first kappa shape index (κ1) is 21.7. The first-order valence-corrected chi connectivity index (χ1v) is 11.1. The van der Waals surface area contributed by atoms with Crippen LogP contribution in [0.3, 0.4) is 0 Å². The van der Waals surface area contributed by atoms with E-state index in [0.29, 0.717) is 33.7 Å². The SMILES string of the molecule is CC1=C(C(=O)Nc2ccccc2)C(c2ccccc2OCc2ccccc2Cl)n2nnnc2N1. The van der Waals surface area contributed by atoms with Gasteiger partial charge in [0.2, 0.25) is 5.95 Å². The second-order valence-corrected chi connectivity index (χ2v) is 8.16. The predicted octanol–water partition coefficient (Wildman–Crippen LogP) is 4.83. The lowest BCUT2D eigenvalue weighted by molar-refractivity contribution is -0.113. The van der Waals surface area contributed by atoms with Crippen LogP contribution in [0.2, 0.25) is 5.02 Å². The molecule has 0 aliphatic carbocycles. The first-order valence-electron chi connectivity index (χ1n) is 10.7. The van der Waals surface area contributed by atoms with E-state index in [-0.39, 0.29) is 12.5 Å². The van der Waals surface area contributed by atoms with Crippen LogP contribution in [0.5, 0.6) is 5.75 Å². The van der Waals surface area contributed by atoms with Gasteiger partial charge >= 0.3 is 0 Å². The summed E-state index contributed by atoms with van der Waals surface area (Å²) in [4.78, 5) is 13.5. The Labute approximate surface area is 201 Å². The van der Waals surface area contributed by atoms with Crippen LogP contribution >= 0.6 is 11.6 Å². The summed E-state index contributed by atoms with van der Waals surface area (Å²) in [5.74, 6) is 0.788. The Bertz CT molecular complexity index is 1370. The fourth-order valence-corrected chi connectivity index (χ4v) is 4.11. The molecule has 8 nitrogen and oxygen atoms in total. The molecule has 34 heavy (non-hydrogen) atoms. The molecule has 5 rings (SSSR count). The number of fused-ring (bicyclic) bond motifs is 1. The fourth-order valence-electron chi connectivity index (χ4n) is 3.92. The molecule has 0 saturated heterocycles. The van der Waals surface area contributed by atoms with Gasteiger partial charge in [-0.05, 0) is 41.6 Å². The van der Waals surface area contributed by atoms with E-state index in [0.717, 1.165) is 11.1 Å². The van der Waals surface area contributed by atoms with E-state index in [1.807, 2.05) is 85.8 Å². The van der Waals surface area contributed by atoms with Crippen molar-refractivity contribution in [2.45, 2.75) is 19.6 Å². The van der Waals surface area contributed by atoms with E-state index in [1.165, 1.54) is 0 Å². The minimum absolute atomic E-state index is 0.261. The van der Waals surface area contributed by atoms with E-state index in [2.05, 4.69) is 26.2 Å². The lowest BCUT2D eigenvalue weighted by Gasteiger charge is -2.29. The van der Waals surface area contributed by atoms with Crippen molar-refractivity contribution in [3.63, 3.8) is 0 Å². The number of rotatable bonds is 6. The number of nitrogens with one attached hydrogen (secondary N) is 2. The van der Waals surface area contributed by atoms with Crippen molar-refractivity contribution in [2.75, 3.05) is 10.6 Å². The number of tetrazole rings is 1.